The molecule has 0 saturated carbocycles. The topological polar surface area (TPSA) is 83.9 Å². The predicted octanol–water partition coefficient (Wildman–Crippen LogP) is 3.71. The van der Waals surface area contributed by atoms with Gasteiger partial charge in [0, 0.05) is 0 Å². The van der Waals surface area contributed by atoms with E-state index in [1.165, 1.54) is 30.3 Å². The molecule has 6 nitrogen and oxygen atoms in total. The van der Waals surface area contributed by atoms with E-state index < -0.39 is 36.3 Å². The molecule has 2 aromatic carbocycles. The standard InChI is InChI=1S/C18H11ClF3NO5/c19-11-5-6-12(28-8-18(20,21)22)15-14(11)16(26)23(17(15)27)10-3-1-9(2-4-10)7-13(24)25/h1-6H,7-8H2,(H,24,25). The lowest BCUT2D eigenvalue weighted by atomic mass is 10.1. The molecule has 2 amide bonds. The number of carbonyl (C=O) groups excluding carboxylic acids is 2. The molecule has 146 valence electrons. The van der Waals surface area contributed by atoms with Crippen LogP contribution in [0.5, 0.6) is 5.75 Å². The number of carboxylic acid groups (broad SMARTS) is 1. The molecule has 0 aliphatic carbocycles. The molecular weight excluding hydrogens is 403 g/mol. The highest BCUT2D eigenvalue weighted by atomic mass is 35.5. The number of halogens is 4. The number of hydrogen-bond donors (Lipinski definition) is 1. The molecule has 10 heteroatoms. The van der Waals surface area contributed by atoms with Gasteiger partial charge in [-0.2, -0.15) is 13.2 Å². The van der Waals surface area contributed by atoms with Crippen molar-refractivity contribution in [2.75, 3.05) is 11.5 Å². The number of alkyl halides is 3. The van der Waals surface area contributed by atoms with Crippen LogP contribution in [0.4, 0.5) is 18.9 Å². The molecule has 0 atom stereocenters. The maximum absolute atomic E-state index is 12.8. The molecule has 1 N–H and O–H groups in total. The van der Waals surface area contributed by atoms with E-state index in [-0.39, 0.29) is 28.3 Å². The molecule has 0 spiro atoms. The van der Waals surface area contributed by atoms with Crippen LogP contribution in [0.2, 0.25) is 5.02 Å². The summed E-state index contributed by atoms with van der Waals surface area (Å²) in [6.45, 7) is -1.63. The van der Waals surface area contributed by atoms with E-state index in [4.69, 9.17) is 16.7 Å². The van der Waals surface area contributed by atoms with Crippen molar-refractivity contribution in [3.8, 4) is 5.75 Å². The van der Waals surface area contributed by atoms with Gasteiger partial charge in [-0.1, -0.05) is 23.7 Å². The van der Waals surface area contributed by atoms with Gasteiger partial charge in [0.1, 0.15) is 5.75 Å². The summed E-state index contributed by atoms with van der Waals surface area (Å²) in [5.41, 5.74) is -0.0319. The highest BCUT2D eigenvalue weighted by Gasteiger charge is 2.41. The minimum Gasteiger partial charge on any atom is -0.483 e. The number of carboxylic acids is 1. The van der Waals surface area contributed by atoms with Crippen molar-refractivity contribution in [3.05, 3.63) is 58.1 Å². The monoisotopic (exact) mass is 413 g/mol. The van der Waals surface area contributed by atoms with Gasteiger partial charge in [0.15, 0.2) is 6.61 Å². The van der Waals surface area contributed by atoms with Crippen LogP contribution < -0.4 is 9.64 Å². The van der Waals surface area contributed by atoms with Gasteiger partial charge in [-0.05, 0) is 29.8 Å². The molecule has 2 aromatic rings. The number of benzene rings is 2. The summed E-state index contributed by atoms with van der Waals surface area (Å²) in [5.74, 6) is -3.15. The molecule has 3 rings (SSSR count). The van der Waals surface area contributed by atoms with Gasteiger partial charge >= 0.3 is 12.1 Å². The number of carbonyl (C=O) groups is 3. The Balaban J connectivity index is 1.96. The number of anilines is 1. The first-order chi connectivity index (χ1) is 13.1. The fourth-order valence-corrected chi connectivity index (χ4v) is 2.99. The van der Waals surface area contributed by atoms with Crippen LogP contribution in [0.3, 0.4) is 0 Å². The third kappa shape index (κ3) is 3.79. The molecule has 28 heavy (non-hydrogen) atoms. The molecule has 0 saturated heterocycles. The molecule has 0 unspecified atom stereocenters. The molecule has 1 aliphatic heterocycles. The molecule has 0 aromatic heterocycles. The first-order valence-electron chi connectivity index (χ1n) is 7.80. The van der Waals surface area contributed by atoms with Gasteiger partial charge < -0.3 is 9.84 Å². The van der Waals surface area contributed by atoms with Crippen LogP contribution >= 0.6 is 11.6 Å². The van der Waals surface area contributed by atoms with E-state index in [9.17, 15) is 27.6 Å². The Morgan fingerprint density at radius 1 is 1.04 bits per heavy atom. The second-order valence-electron chi connectivity index (χ2n) is 5.88. The quantitative estimate of drug-likeness (QED) is 0.755. The van der Waals surface area contributed by atoms with Crippen LogP contribution in [-0.2, 0) is 11.2 Å². The SMILES string of the molecule is O=C(O)Cc1ccc(N2C(=O)c3c(Cl)ccc(OCC(F)(F)F)c3C2=O)cc1. The van der Waals surface area contributed by atoms with Crippen molar-refractivity contribution >= 4 is 35.1 Å². The van der Waals surface area contributed by atoms with Crippen molar-refractivity contribution in [1.29, 1.82) is 0 Å². The summed E-state index contributed by atoms with van der Waals surface area (Å²) >= 11 is 5.98. The highest BCUT2D eigenvalue weighted by Crippen LogP contribution is 2.38. The molecule has 0 radical (unpaired) electrons. The minimum absolute atomic E-state index is 0.0993. The first-order valence-corrected chi connectivity index (χ1v) is 8.18. The lowest BCUT2D eigenvalue weighted by Gasteiger charge is -2.14. The molecule has 0 bridgehead atoms. The van der Waals surface area contributed by atoms with Crippen molar-refractivity contribution in [1.82, 2.24) is 0 Å². The Morgan fingerprint density at radius 3 is 2.21 bits per heavy atom. The number of hydrogen-bond acceptors (Lipinski definition) is 4. The van der Waals surface area contributed by atoms with E-state index in [1.807, 2.05) is 0 Å². The van der Waals surface area contributed by atoms with Crippen molar-refractivity contribution in [3.63, 3.8) is 0 Å². The Labute approximate surface area is 161 Å². The summed E-state index contributed by atoms with van der Waals surface area (Å²) in [4.78, 5) is 36.9. The number of nitrogens with zero attached hydrogens (tertiary/aromatic N) is 1. The second kappa shape index (κ2) is 7.16. The fourth-order valence-electron chi connectivity index (χ4n) is 2.75. The third-order valence-electron chi connectivity index (χ3n) is 3.89. The van der Waals surface area contributed by atoms with Crippen LogP contribution in [0.15, 0.2) is 36.4 Å². The Kier molecular flexibility index (Phi) is 5.03. The van der Waals surface area contributed by atoms with E-state index in [2.05, 4.69) is 4.74 Å². The second-order valence-corrected chi connectivity index (χ2v) is 6.29. The number of imide groups is 1. The average Bonchev–Trinajstić information content (AvgIpc) is 2.86. The number of rotatable bonds is 5. The molecular formula is C18H11ClF3NO5. The number of aliphatic carboxylic acids is 1. The zero-order valence-corrected chi connectivity index (χ0v) is 14.7. The first kappa shape index (κ1) is 19.7. The summed E-state index contributed by atoms with van der Waals surface area (Å²) in [6.07, 6.45) is -4.87. The average molecular weight is 414 g/mol. The number of fused-ring (bicyclic) bond motifs is 1. The minimum atomic E-state index is -4.63. The third-order valence-corrected chi connectivity index (χ3v) is 4.21. The zero-order chi connectivity index (χ0) is 20.6. The van der Waals surface area contributed by atoms with E-state index in [0.717, 1.165) is 11.0 Å². The Morgan fingerprint density at radius 2 is 1.64 bits per heavy atom. The molecule has 1 aliphatic rings. The van der Waals surface area contributed by atoms with E-state index in [0.29, 0.717) is 5.56 Å². The number of ether oxygens (including phenoxy) is 1. The van der Waals surface area contributed by atoms with Crippen LogP contribution in [0, 0.1) is 0 Å². The van der Waals surface area contributed by atoms with Gasteiger partial charge in [0.2, 0.25) is 0 Å². The van der Waals surface area contributed by atoms with E-state index in [1.54, 1.807) is 0 Å². The Bertz CT molecular complexity index is 972. The smallest absolute Gasteiger partial charge is 0.422 e. The molecule has 1 heterocycles. The molecule has 0 fully saturated rings. The Hall–Kier alpha value is -3.07. The van der Waals surface area contributed by atoms with Crippen LogP contribution in [-0.4, -0.2) is 35.7 Å². The van der Waals surface area contributed by atoms with E-state index >= 15 is 0 Å². The summed E-state index contributed by atoms with van der Waals surface area (Å²) in [7, 11) is 0. The predicted molar refractivity (Wildman–Crippen MR) is 91.9 cm³/mol. The van der Waals surface area contributed by atoms with Crippen molar-refractivity contribution in [2.24, 2.45) is 0 Å². The summed E-state index contributed by atoms with van der Waals surface area (Å²) in [5, 5.41) is 8.69. The number of amides is 2. The summed E-state index contributed by atoms with van der Waals surface area (Å²) in [6, 6.07) is 7.85. The van der Waals surface area contributed by atoms with Gasteiger partial charge in [0.25, 0.3) is 11.8 Å². The lowest BCUT2D eigenvalue weighted by Crippen LogP contribution is -2.29. The maximum atomic E-state index is 12.8. The van der Waals surface area contributed by atoms with Crippen LogP contribution in [0.25, 0.3) is 0 Å². The fraction of sp³-hybridized carbons (Fsp3) is 0.167. The van der Waals surface area contributed by atoms with Gasteiger partial charge in [-0.3, -0.25) is 14.4 Å². The highest BCUT2D eigenvalue weighted by molar-refractivity contribution is 6.42. The van der Waals surface area contributed by atoms with Gasteiger partial charge in [0.05, 0.1) is 28.3 Å². The summed E-state index contributed by atoms with van der Waals surface area (Å²) < 4.78 is 42.1. The largest absolute Gasteiger partial charge is 0.483 e. The van der Waals surface area contributed by atoms with Gasteiger partial charge in [-0.25, -0.2) is 4.90 Å². The lowest BCUT2D eigenvalue weighted by molar-refractivity contribution is -0.153. The zero-order valence-electron chi connectivity index (χ0n) is 13.9. The van der Waals surface area contributed by atoms with Crippen molar-refractivity contribution < 1.29 is 37.4 Å². The normalized spacial score (nSPS) is 13.6. The van der Waals surface area contributed by atoms with Crippen molar-refractivity contribution in [2.45, 2.75) is 12.6 Å². The van der Waals surface area contributed by atoms with Gasteiger partial charge in [-0.15, -0.1) is 0 Å². The maximum Gasteiger partial charge on any atom is 0.422 e. The van der Waals surface area contributed by atoms with Crippen LogP contribution in [0.1, 0.15) is 26.3 Å².